The number of fused-ring (bicyclic) bond motifs is 1. The van der Waals surface area contributed by atoms with E-state index in [1.54, 1.807) is 24.3 Å². The summed E-state index contributed by atoms with van der Waals surface area (Å²) in [6, 6.07) is 6.72. The standard InChI is InChI=1S/C9H9BF3O2/c11-10(12,13)5-7-6-14-8-3-1-2-4-9(8)15-7/h1-4,7H,5-6H2/q-1/t7-/m0/s1. The van der Waals surface area contributed by atoms with Gasteiger partial charge in [0, 0.05) is 0 Å². The lowest BCUT2D eigenvalue weighted by molar-refractivity contribution is 0.0981. The van der Waals surface area contributed by atoms with Crippen molar-refractivity contribution in [3.63, 3.8) is 0 Å². The summed E-state index contributed by atoms with van der Waals surface area (Å²) in [5.74, 6) is 0.886. The number of ether oxygens (including phenoxy) is 2. The predicted molar refractivity (Wildman–Crippen MR) is 50.2 cm³/mol. The maximum absolute atomic E-state index is 12.1. The molecule has 6 heteroatoms. The van der Waals surface area contributed by atoms with Crippen LogP contribution in [0.15, 0.2) is 24.3 Å². The third-order valence-electron chi connectivity index (χ3n) is 2.10. The van der Waals surface area contributed by atoms with E-state index in [1.165, 1.54) is 0 Å². The first kappa shape index (κ1) is 10.2. The Balaban J connectivity index is 2.06. The summed E-state index contributed by atoms with van der Waals surface area (Å²) in [5, 5.41) is 0. The third-order valence-corrected chi connectivity index (χ3v) is 2.10. The van der Waals surface area contributed by atoms with E-state index in [-0.39, 0.29) is 6.61 Å². The number of hydrogen-bond donors (Lipinski definition) is 0. The monoisotopic (exact) mass is 217 g/mol. The normalized spacial score (nSPS) is 20.1. The topological polar surface area (TPSA) is 18.5 Å². The van der Waals surface area contributed by atoms with Crippen molar-refractivity contribution in [2.75, 3.05) is 6.61 Å². The Hall–Kier alpha value is -1.33. The smallest absolute Gasteiger partial charge is 0.482 e. The Morgan fingerprint density at radius 1 is 1.20 bits per heavy atom. The lowest BCUT2D eigenvalue weighted by atomic mass is 9.83. The second kappa shape index (κ2) is 3.68. The molecular formula is C9H9BF3O2-. The van der Waals surface area contributed by atoms with Crippen LogP contribution in [-0.4, -0.2) is 19.7 Å². The number of benzene rings is 1. The van der Waals surface area contributed by atoms with Gasteiger partial charge in [-0.1, -0.05) is 12.1 Å². The summed E-state index contributed by atoms with van der Waals surface area (Å²) in [7, 11) is 0. The summed E-state index contributed by atoms with van der Waals surface area (Å²) >= 11 is 0. The highest BCUT2D eigenvalue weighted by molar-refractivity contribution is 6.58. The number of para-hydroxylation sites is 2. The largest absolute Gasteiger partial charge is 0.486 e. The maximum Gasteiger partial charge on any atom is 0.482 e. The van der Waals surface area contributed by atoms with Gasteiger partial charge in [0.05, 0.1) is 0 Å². The summed E-state index contributed by atoms with van der Waals surface area (Å²) in [5.41, 5.74) is 0. The molecule has 0 fully saturated rings. The van der Waals surface area contributed by atoms with Gasteiger partial charge >= 0.3 is 6.98 Å². The fourth-order valence-electron chi connectivity index (χ4n) is 1.48. The first-order valence-corrected chi connectivity index (χ1v) is 4.64. The molecule has 15 heavy (non-hydrogen) atoms. The summed E-state index contributed by atoms with van der Waals surface area (Å²) in [6.07, 6.45) is -1.84. The fraction of sp³-hybridized carbons (Fsp3) is 0.333. The van der Waals surface area contributed by atoms with Gasteiger partial charge in [-0.2, -0.15) is 0 Å². The van der Waals surface area contributed by atoms with Crippen LogP contribution in [-0.2, 0) is 0 Å². The molecule has 0 saturated carbocycles. The fourth-order valence-corrected chi connectivity index (χ4v) is 1.48. The zero-order valence-electron chi connectivity index (χ0n) is 7.83. The van der Waals surface area contributed by atoms with E-state index in [2.05, 4.69) is 0 Å². The molecule has 0 bridgehead atoms. The third kappa shape index (κ3) is 2.58. The van der Waals surface area contributed by atoms with Gasteiger partial charge in [0.2, 0.25) is 0 Å². The van der Waals surface area contributed by atoms with E-state index in [0.29, 0.717) is 11.5 Å². The predicted octanol–water partition coefficient (Wildman–Crippen LogP) is 2.67. The molecule has 0 saturated heterocycles. The van der Waals surface area contributed by atoms with Crippen molar-refractivity contribution in [3.8, 4) is 11.5 Å². The van der Waals surface area contributed by atoms with E-state index < -0.39 is 19.4 Å². The van der Waals surface area contributed by atoms with Gasteiger partial charge in [-0.25, -0.2) is 0 Å². The van der Waals surface area contributed by atoms with Crippen LogP contribution in [0.25, 0.3) is 0 Å². The van der Waals surface area contributed by atoms with Crippen molar-refractivity contribution < 1.29 is 22.4 Å². The Labute approximate surface area is 85.1 Å². The van der Waals surface area contributed by atoms with Crippen molar-refractivity contribution in [1.82, 2.24) is 0 Å². The van der Waals surface area contributed by atoms with Crippen LogP contribution in [0, 0.1) is 0 Å². The quantitative estimate of drug-likeness (QED) is 0.709. The molecule has 0 amide bonds. The molecule has 0 aliphatic carbocycles. The molecular weight excluding hydrogens is 208 g/mol. The van der Waals surface area contributed by atoms with Gasteiger partial charge in [-0.15, -0.1) is 0 Å². The molecule has 82 valence electrons. The molecule has 1 aliphatic rings. The van der Waals surface area contributed by atoms with E-state index in [9.17, 15) is 12.9 Å². The SMILES string of the molecule is F[B-](F)(F)C[C@H]1COc2ccccc2O1. The Kier molecular flexibility index (Phi) is 2.50. The zero-order chi connectivity index (χ0) is 10.9. The number of halogens is 3. The van der Waals surface area contributed by atoms with Crippen LogP contribution in [0.2, 0.25) is 6.32 Å². The van der Waals surface area contributed by atoms with Crippen molar-refractivity contribution in [3.05, 3.63) is 24.3 Å². The molecule has 1 aromatic rings. The van der Waals surface area contributed by atoms with Gasteiger partial charge < -0.3 is 22.4 Å². The average molecular weight is 217 g/mol. The van der Waals surface area contributed by atoms with Crippen LogP contribution < -0.4 is 9.47 Å². The van der Waals surface area contributed by atoms with Crippen molar-refractivity contribution in [1.29, 1.82) is 0 Å². The molecule has 0 spiro atoms. The molecule has 1 heterocycles. The van der Waals surface area contributed by atoms with E-state index in [4.69, 9.17) is 9.47 Å². The highest BCUT2D eigenvalue weighted by Crippen LogP contribution is 2.33. The Morgan fingerprint density at radius 3 is 2.53 bits per heavy atom. The van der Waals surface area contributed by atoms with Crippen molar-refractivity contribution >= 4 is 6.98 Å². The van der Waals surface area contributed by atoms with Crippen molar-refractivity contribution in [2.24, 2.45) is 0 Å². The van der Waals surface area contributed by atoms with Crippen LogP contribution in [0.5, 0.6) is 11.5 Å². The van der Waals surface area contributed by atoms with Crippen molar-refractivity contribution in [2.45, 2.75) is 12.4 Å². The molecule has 0 unspecified atom stereocenters. The average Bonchev–Trinajstić information content (AvgIpc) is 2.15. The van der Waals surface area contributed by atoms with Gasteiger partial charge in [0.25, 0.3) is 0 Å². The molecule has 2 nitrogen and oxygen atoms in total. The highest BCUT2D eigenvalue weighted by Gasteiger charge is 2.31. The highest BCUT2D eigenvalue weighted by atomic mass is 19.4. The van der Waals surface area contributed by atoms with Gasteiger partial charge in [0.1, 0.15) is 12.7 Å². The second-order valence-electron chi connectivity index (χ2n) is 3.44. The Bertz CT molecular complexity index is 353. The lowest BCUT2D eigenvalue weighted by Gasteiger charge is -2.29. The summed E-state index contributed by atoms with van der Waals surface area (Å²) in [6.45, 7) is -4.87. The van der Waals surface area contributed by atoms with Crippen LogP contribution in [0.3, 0.4) is 0 Å². The molecule has 2 rings (SSSR count). The number of rotatable bonds is 2. The lowest BCUT2D eigenvalue weighted by Crippen LogP contribution is -2.35. The molecule has 0 N–H and O–H groups in total. The van der Waals surface area contributed by atoms with Gasteiger partial charge in [-0.3, -0.25) is 0 Å². The van der Waals surface area contributed by atoms with Crippen LogP contribution >= 0.6 is 0 Å². The second-order valence-corrected chi connectivity index (χ2v) is 3.44. The van der Waals surface area contributed by atoms with Gasteiger partial charge in [-0.05, 0) is 18.5 Å². The van der Waals surface area contributed by atoms with E-state index in [0.717, 1.165) is 0 Å². The first-order chi connectivity index (χ1) is 7.04. The van der Waals surface area contributed by atoms with Crippen LogP contribution in [0.4, 0.5) is 12.9 Å². The Morgan fingerprint density at radius 2 is 1.87 bits per heavy atom. The molecule has 0 radical (unpaired) electrons. The molecule has 0 aromatic heterocycles. The summed E-state index contributed by atoms with van der Waals surface area (Å²) in [4.78, 5) is 0. The first-order valence-electron chi connectivity index (χ1n) is 4.64. The molecule has 1 aromatic carbocycles. The molecule has 1 atom stereocenters. The molecule has 1 aliphatic heterocycles. The summed E-state index contributed by atoms with van der Waals surface area (Å²) < 4.78 is 46.8. The number of hydrogen-bond acceptors (Lipinski definition) is 2. The minimum atomic E-state index is -4.83. The minimum Gasteiger partial charge on any atom is -0.486 e. The maximum atomic E-state index is 12.1. The van der Waals surface area contributed by atoms with E-state index >= 15 is 0 Å². The zero-order valence-corrected chi connectivity index (χ0v) is 7.83. The van der Waals surface area contributed by atoms with E-state index in [1.807, 2.05) is 0 Å². The van der Waals surface area contributed by atoms with Gasteiger partial charge in [0.15, 0.2) is 11.5 Å². The van der Waals surface area contributed by atoms with Crippen LogP contribution in [0.1, 0.15) is 0 Å². The minimum absolute atomic E-state index is 0.0434.